The molecule has 3 aromatic rings. The zero-order valence-corrected chi connectivity index (χ0v) is 30.4. The highest BCUT2D eigenvalue weighted by atomic mass is 33.1. The van der Waals surface area contributed by atoms with E-state index in [1.807, 2.05) is 29.0 Å². The van der Waals surface area contributed by atoms with Crippen LogP contribution < -0.4 is 18.9 Å². The van der Waals surface area contributed by atoms with Crippen LogP contribution in [0.3, 0.4) is 0 Å². The Kier molecular flexibility index (Phi) is 9.66. The zero-order chi connectivity index (χ0) is 35.4. The van der Waals surface area contributed by atoms with Crippen LogP contribution in [-0.4, -0.2) is 76.2 Å². The minimum atomic E-state index is -1.07. The fraction of sp³-hybridized carbons (Fsp3) is 0.500. The Morgan fingerprint density at radius 2 is 1.80 bits per heavy atom. The Morgan fingerprint density at radius 1 is 0.941 bits per heavy atom. The number of methoxy groups -OCH3 is 2. The van der Waals surface area contributed by atoms with Gasteiger partial charge < -0.3 is 44.5 Å². The molecule has 5 N–H and O–H groups in total. The van der Waals surface area contributed by atoms with Crippen LogP contribution in [0.1, 0.15) is 90.2 Å². The van der Waals surface area contributed by atoms with Gasteiger partial charge in [-0.15, -0.1) is 0 Å². The monoisotopic (exact) mass is 732 g/mol. The molecule has 1 saturated carbocycles. The molecule has 0 amide bonds. The summed E-state index contributed by atoms with van der Waals surface area (Å²) in [5.41, 5.74) is 5.57. The molecule has 2 heterocycles. The van der Waals surface area contributed by atoms with Gasteiger partial charge in [-0.2, -0.15) is 0 Å². The Balaban J connectivity index is 1.43. The van der Waals surface area contributed by atoms with E-state index in [9.17, 15) is 25.5 Å². The van der Waals surface area contributed by atoms with Crippen LogP contribution >= 0.6 is 21.6 Å². The molecule has 3 aliphatic carbocycles. The van der Waals surface area contributed by atoms with Crippen LogP contribution in [0, 0.1) is 17.8 Å². The lowest BCUT2D eigenvalue weighted by molar-refractivity contribution is 0.000579. The third-order valence-electron chi connectivity index (χ3n) is 11.5. The third-order valence-corrected chi connectivity index (χ3v) is 14.7. The molecule has 270 valence electrons. The Morgan fingerprint density at radius 3 is 2.59 bits per heavy atom. The van der Waals surface area contributed by atoms with Gasteiger partial charge >= 0.3 is 0 Å². The van der Waals surface area contributed by atoms with Gasteiger partial charge in [0.05, 0.1) is 32.7 Å². The number of phenolic OH excluding ortho intramolecular Hbond substituents is 2. The van der Waals surface area contributed by atoms with Crippen molar-refractivity contribution in [2.24, 2.45) is 5.92 Å². The number of phenols is 2. The van der Waals surface area contributed by atoms with Gasteiger partial charge in [0.25, 0.3) is 0 Å². The summed E-state index contributed by atoms with van der Waals surface area (Å²) in [6, 6.07) is 8.99. The first kappa shape index (κ1) is 34.7. The van der Waals surface area contributed by atoms with Gasteiger partial charge in [-0.1, -0.05) is 52.3 Å². The second kappa shape index (κ2) is 14.2. The van der Waals surface area contributed by atoms with Crippen LogP contribution in [-0.2, 0) is 6.42 Å². The molecule has 0 radical (unpaired) electrons. The Bertz CT molecular complexity index is 1890. The minimum Gasteiger partial charge on any atom is -0.508 e. The van der Waals surface area contributed by atoms with E-state index in [1.54, 1.807) is 22.9 Å². The third kappa shape index (κ3) is 5.88. The van der Waals surface area contributed by atoms with Crippen LogP contribution in [0.15, 0.2) is 30.3 Å². The topological polar surface area (TPSA) is 138 Å². The molecule has 1 fully saturated rings. The van der Waals surface area contributed by atoms with Crippen LogP contribution in [0.25, 0.3) is 11.1 Å². The summed E-state index contributed by atoms with van der Waals surface area (Å²) < 4.78 is 24.5. The first-order chi connectivity index (χ1) is 24.9. The van der Waals surface area contributed by atoms with Crippen molar-refractivity contribution in [3.8, 4) is 57.5 Å². The van der Waals surface area contributed by atoms with Gasteiger partial charge in [0.1, 0.15) is 30.0 Å². The summed E-state index contributed by atoms with van der Waals surface area (Å²) in [5, 5.41) is 56.0. The predicted molar refractivity (Wildman–Crippen MR) is 197 cm³/mol. The van der Waals surface area contributed by atoms with E-state index in [0.717, 1.165) is 59.9 Å². The molecule has 0 aromatic heterocycles. The number of hydrogen-bond donors (Lipinski definition) is 5. The molecule has 2 aliphatic heterocycles. The van der Waals surface area contributed by atoms with Crippen molar-refractivity contribution in [3.63, 3.8) is 0 Å². The van der Waals surface area contributed by atoms with Crippen molar-refractivity contribution < 1.29 is 44.5 Å². The molecule has 0 unspecified atom stereocenters. The predicted octanol–water partition coefficient (Wildman–Crippen LogP) is 6.57. The zero-order valence-electron chi connectivity index (χ0n) is 28.8. The number of benzene rings is 3. The lowest BCUT2D eigenvalue weighted by Crippen LogP contribution is -2.40. The number of hydrogen-bond acceptors (Lipinski definition) is 11. The summed E-state index contributed by atoms with van der Waals surface area (Å²) in [6.07, 6.45) is 4.72. The highest BCUT2D eigenvalue weighted by Gasteiger charge is 2.49. The molecule has 0 saturated heterocycles. The first-order valence-corrected chi connectivity index (χ1v) is 20.1. The average Bonchev–Trinajstić information content (AvgIpc) is 3.16. The fourth-order valence-electron chi connectivity index (χ4n) is 9.32. The summed E-state index contributed by atoms with van der Waals surface area (Å²) in [4.78, 5) is 0. The Labute approximate surface area is 306 Å². The van der Waals surface area contributed by atoms with E-state index in [1.165, 1.54) is 20.6 Å². The van der Waals surface area contributed by atoms with Crippen molar-refractivity contribution in [2.75, 3.05) is 34.0 Å². The van der Waals surface area contributed by atoms with Gasteiger partial charge in [-0.3, -0.25) is 0 Å². The summed E-state index contributed by atoms with van der Waals surface area (Å²) in [5.74, 6) is 7.99. The maximum atomic E-state index is 12.7. The van der Waals surface area contributed by atoms with Crippen molar-refractivity contribution in [1.29, 1.82) is 0 Å². The highest BCUT2D eigenvalue weighted by molar-refractivity contribution is 8.77. The molecule has 5 aliphatic rings. The van der Waals surface area contributed by atoms with E-state index in [-0.39, 0.29) is 66.3 Å². The van der Waals surface area contributed by atoms with Gasteiger partial charge in [-0.05, 0) is 72.4 Å². The quantitative estimate of drug-likeness (QED) is 0.139. The number of fused-ring (bicyclic) bond motifs is 9. The lowest BCUT2D eigenvalue weighted by Gasteiger charge is -2.44. The molecule has 9 nitrogen and oxygen atoms in total. The van der Waals surface area contributed by atoms with E-state index < -0.39 is 18.1 Å². The van der Waals surface area contributed by atoms with Crippen molar-refractivity contribution in [3.05, 3.63) is 58.1 Å². The molecule has 51 heavy (non-hydrogen) atoms. The molecule has 11 heteroatoms. The maximum absolute atomic E-state index is 12.7. The second-order valence-electron chi connectivity index (χ2n) is 14.2. The molecule has 6 bridgehead atoms. The van der Waals surface area contributed by atoms with Gasteiger partial charge in [0.2, 0.25) is 5.75 Å². The van der Waals surface area contributed by atoms with Crippen LogP contribution in [0.4, 0.5) is 0 Å². The summed E-state index contributed by atoms with van der Waals surface area (Å²) in [6.45, 7) is -0.311. The van der Waals surface area contributed by atoms with Gasteiger partial charge in [-0.25, -0.2) is 0 Å². The van der Waals surface area contributed by atoms with Gasteiger partial charge in [0, 0.05) is 51.8 Å². The fourth-order valence-corrected chi connectivity index (χ4v) is 12.6. The minimum absolute atomic E-state index is 0.0432. The smallest absolute Gasteiger partial charge is 0.201 e. The molecule has 3 aromatic carbocycles. The molecular formula is C40H44O9S2. The van der Waals surface area contributed by atoms with E-state index >= 15 is 0 Å². The van der Waals surface area contributed by atoms with E-state index in [0.29, 0.717) is 33.8 Å². The largest absolute Gasteiger partial charge is 0.508 e. The van der Waals surface area contributed by atoms with Gasteiger partial charge in [0.15, 0.2) is 17.6 Å². The van der Waals surface area contributed by atoms with Crippen LogP contribution in [0.5, 0.6) is 34.5 Å². The molecule has 0 spiro atoms. The second-order valence-corrected chi connectivity index (χ2v) is 17.0. The average molecular weight is 733 g/mol. The Hall–Kier alpha value is -3.40. The first-order valence-electron chi connectivity index (χ1n) is 17.9. The number of aromatic hydroxyl groups is 2. The number of aliphatic hydroxyl groups is 3. The maximum Gasteiger partial charge on any atom is 0.201 e. The van der Waals surface area contributed by atoms with E-state index in [4.69, 9.17) is 18.9 Å². The number of ether oxygens (including phenoxy) is 4. The van der Waals surface area contributed by atoms with Crippen molar-refractivity contribution >= 4 is 21.6 Å². The SMILES string of the molecule is COc1cc2c(c(OC)c1O)CC#C[C@@H]1SS[C@H]3CCC[C@H](CC[C@@H]4c5cc(O)ccc5-c5c(OCCO)cc6c(c5[C@@H]4CO)[C@H]1[C@@H](O)[C@H]2O6)C3. The normalized spacial score (nSPS) is 28.7. The number of aliphatic hydroxyl groups excluding tert-OH is 3. The number of rotatable bonds is 6. The molecule has 8 rings (SSSR count). The van der Waals surface area contributed by atoms with Crippen LogP contribution in [0.2, 0.25) is 0 Å². The lowest BCUT2D eigenvalue weighted by atomic mass is 9.65. The molecular weight excluding hydrogens is 689 g/mol. The summed E-state index contributed by atoms with van der Waals surface area (Å²) in [7, 11) is 6.56. The summed E-state index contributed by atoms with van der Waals surface area (Å²) >= 11 is 0. The van der Waals surface area contributed by atoms with Crippen molar-refractivity contribution in [1.82, 2.24) is 0 Å². The molecule has 8 atom stereocenters. The highest BCUT2D eigenvalue weighted by Crippen LogP contribution is 2.62. The van der Waals surface area contributed by atoms with E-state index in [2.05, 4.69) is 11.8 Å². The van der Waals surface area contributed by atoms with Crippen molar-refractivity contribution in [2.45, 2.75) is 85.4 Å². The standard InChI is InChI=1S/C40H44O9S2/c1-46-31-17-27-25(39(47-2)37(31)44)7-4-8-32-36-35-30(49-40(27)38(36)45)18-29(48-14-13-41)33-24-12-10-21(43)16-26(24)23(28(19-42)34(33)35)11-9-20-5-3-6-22(15-20)50-51-32/h10,12,16-18,20,22-23,28,32,36,38,40-45H,3,5-7,9,11,13-15,19H2,1-2H3/t20-,22+,23-,28-,32+,36+,38-,40+/m1/s1.